The molecule has 0 amide bonds. The third-order valence-electron chi connectivity index (χ3n) is 3.88. The zero-order valence-electron chi connectivity index (χ0n) is 12.8. The van der Waals surface area contributed by atoms with E-state index in [-0.39, 0.29) is 12.1 Å². The number of aromatic nitrogens is 3. The van der Waals surface area contributed by atoms with Crippen molar-refractivity contribution in [3.05, 3.63) is 12.2 Å². The molecule has 0 spiro atoms. The van der Waals surface area contributed by atoms with Crippen molar-refractivity contribution in [2.24, 2.45) is 5.73 Å². The van der Waals surface area contributed by atoms with Gasteiger partial charge in [0.05, 0.1) is 12.7 Å². The Morgan fingerprint density at radius 1 is 1.50 bits per heavy atom. The van der Waals surface area contributed by atoms with Gasteiger partial charge in [-0.25, -0.2) is 4.98 Å². The molecule has 2 atom stereocenters. The van der Waals surface area contributed by atoms with Crippen LogP contribution in [0.1, 0.15) is 33.0 Å². The van der Waals surface area contributed by atoms with Crippen LogP contribution in [0.3, 0.4) is 0 Å². The molecule has 2 heterocycles. The van der Waals surface area contributed by atoms with Gasteiger partial charge in [0.2, 0.25) is 0 Å². The van der Waals surface area contributed by atoms with Gasteiger partial charge in [0.1, 0.15) is 12.2 Å². The van der Waals surface area contributed by atoms with E-state index in [9.17, 15) is 0 Å². The van der Waals surface area contributed by atoms with Crippen LogP contribution in [0.2, 0.25) is 0 Å². The van der Waals surface area contributed by atoms with Gasteiger partial charge in [0, 0.05) is 38.1 Å². The van der Waals surface area contributed by atoms with Crippen molar-refractivity contribution in [2.45, 2.75) is 58.3 Å². The monoisotopic (exact) mass is 281 g/mol. The maximum Gasteiger partial charge on any atom is 0.138 e. The Kier molecular flexibility index (Phi) is 5.51. The number of nitrogens with two attached hydrogens (primary N) is 1. The molecule has 0 bridgehead atoms. The first-order valence-electron chi connectivity index (χ1n) is 7.59. The highest BCUT2D eigenvalue weighted by Crippen LogP contribution is 2.13. The van der Waals surface area contributed by atoms with Crippen LogP contribution >= 0.6 is 0 Å². The molecule has 0 aliphatic carbocycles. The highest BCUT2D eigenvalue weighted by molar-refractivity contribution is 4.93. The Hall–Kier alpha value is -0.980. The molecular formula is C14H27N5O. The van der Waals surface area contributed by atoms with E-state index in [0.29, 0.717) is 6.04 Å². The molecule has 1 aromatic heterocycles. The van der Waals surface area contributed by atoms with Gasteiger partial charge in [-0.15, -0.1) is 0 Å². The van der Waals surface area contributed by atoms with Crippen LogP contribution in [0.15, 0.2) is 6.33 Å². The van der Waals surface area contributed by atoms with Crippen molar-refractivity contribution in [1.29, 1.82) is 0 Å². The van der Waals surface area contributed by atoms with E-state index in [1.807, 2.05) is 4.68 Å². The maximum absolute atomic E-state index is 6.33. The molecule has 114 valence electrons. The van der Waals surface area contributed by atoms with Crippen LogP contribution < -0.4 is 5.73 Å². The lowest BCUT2D eigenvalue weighted by atomic mass is 10.1. The van der Waals surface area contributed by atoms with Crippen LogP contribution in [0.5, 0.6) is 0 Å². The molecule has 6 heteroatoms. The van der Waals surface area contributed by atoms with Gasteiger partial charge in [-0.3, -0.25) is 9.58 Å². The first kappa shape index (κ1) is 15.4. The molecule has 1 saturated heterocycles. The van der Waals surface area contributed by atoms with E-state index in [4.69, 9.17) is 10.5 Å². The number of ether oxygens (including phenoxy) is 1. The van der Waals surface area contributed by atoms with Crippen LogP contribution in [0.25, 0.3) is 0 Å². The zero-order chi connectivity index (χ0) is 14.5. The van der Waals surface area contributed by atoms with Crippen molar-refractivity contribution in [3.8, 4) is 0 Å². The highest BCUT2D eigenvalue weighted by Gasteiger charge is 2.28. The Morgan fingerprint density at radius 3 is 3.00 bits per heavy atom. The molecule has 1 fully saturated rings. The Morgan fingerprint density at radius 2 is 2.30 bits per heavy atom. The van der Waals surface area contributed by atoms with E-state index in [0.717, 1.165) is 44.9 Å². The first-order valence-corrected chi connectivity index (χ1v) is 7.59. The van der Waals surface area contributed by atoms with Crippen molar-refractivity contribution >= 4 is 0 Å². The fourth-order valence-corrected chi connectivity index (χ4v) is 2.61. The number of hydrogen-bond donors (Lipinski definition) is 1. The maximum atomic E-state index is 6.33. The second kappa shape index (κ2) is 7.15. The topological polar surface area (TPSA) is 69.2 Å². The molecule has 6 nitrogen and oxygen atoms in total. The average molecular weight is 281 g/mol. The third-order valence-corrected chi connectivity index (χ3v) is 3.88. The minimum atomic E-state index is -0.0312. The fraction of sp³-hybridized carbons (Fsp3) is 0.857. The van der Waals surface area contributed by atoms with E-state index < -0.39 is 0 Å². The summed E-state index contributed by atoms with van der Waals surface area (Å²) >= 11 is 0. The lowest BCUT2D eigenvalue weighted by Crippen LogP contribution is -2.53. The third kappa shape index (κ3) is 3.77. The van der Waals surface area contributed by atoms with Crippen LogP contribution in [-0.4, -0.2) is 57.5 Å². The quantitative estimate of drug-likeness (QED) is 0.830. The molecule has 0 saturated carbocycles. The van der Waals surface area contributed by atoms with Crippen LogP contribution in [0.4, 0.5) is 0 Å². The van der Waals surface area contributed by atoms with Gasteiger partial charge >= 0.3 is 0 Å². The van der Waals surface area contributed by atoms with Gasteiger partial charge in [-0.05, 0) is 20.3 Å². The summed E-state index contributed by atoms with van der Waals surface area (Å²) in [7, 11) is 0. The van der Waals surface area contributed by atoms with Crippen LogP contribution in [-0.2, 0) is 17.7 Å². The molecule has 1 aliphatic rings. The lowest BCUT2D eigenvalue weighted by molar-refractivity contribution is -0.0498. The molecule has 1 aromatic rings. The number of morpholine rings is 1. The van der Waals surface area contributed by atoms with Gasteiger partial charge in [-0.1, -0.05) is 6.92 Å². The molecule has 1 aliphatic heterocycles. The standard InChI is InChI=1S/C14H27N5O/c1-4-5-19-14(16-10-17-19)8-12(15)13-9-18(11(2)3)6-7-20-13/h10-13H,4-9,15H2,1-3H3. The van der Waals surface area contributed by atoms with Crippen LogP contribution in [0, 0.1) is 0 Å². The van der Waals surface area contributed by atoms with Gasteiger partial charge in [-0.2, -0.15) is 5.10 Å². The summed E-state index contributed by atoms with van der Waals surface area (Å²) in [5.74, 6) is 0.963. The summed E-state index contributed by atoms with van der Waals surface area (Å²) in [6.07, 6.45) is 3.46. The predicted octanol–water partition coefficient (Wildman–Crippen LogP) is 0.667. The van der Waals surface area contributed by atoms with Gasteiger partial charge in [0.25, 0.3) is 0 Å². The molecule has 2 N–H and O–H groups in total. The molecule has 20 heavy (non-hydrogen) atoms. The summed E-state index contributed by atoms with van der Waals surface area (Å²) in [4.78, 5) is 6.75. The van der Waals surface area contributed by atoms with Crippen molar-refractivity contribution in [1.82, 2.24) is 19.7 Å². The predicted molar refractivity (Wildman–Crippen MR) is 78.4 cm³/mol. The molecule has 2 unspecified atom stereocenters. The Bertz CT molecular complexity index is 406. The highest BCUT2D eigenvalue weighted by atomic mass is 16.5. The largest absolute Gasteiger partial charge is 0.374 e. The van der Waals surface area contributed by atoms with Crippen molar-refractivity contribution in [2.75, 3.05) is 19.7 Å². The normalized spacial score (nSPS) is 22.4. The second-order valence-electron chi connectivity index (χ2n) is 5.77. The number of hydrogen-bond acceptors (Lipinski definition) is 5. The molecular weight excluding hydrogens is 254 g/mol. The fourth-order valence-electron chi connectivity index (χ4n) is 2.61. The smallest absolute Gasteiger partial charge is 0.138 e. The van der Waals surface area contributed by atoms with Gasteiger partial charge < -0.3 is 10.5 Å². The number of nitrogens with zero attached hydrogens (tertiary/aromatic N) is 4. The van der Waals surface area contributed by atoms with Crippen molar-refractivity contribution in [3.63, 3.8) is 0 Å². The number of rotatable bonds is 6. The second-order valence-corrected chi connectivity index (χ2v) is 5.77. The summed E-state index contributed by atoms with van der Waals surface area (Å²) in [5, 5.41) is 4.25. The summed E-state index contributed by atoms with van der Waals surface area (Å²) < 4.78 is 7.79. The van der Waals surface area contributed by atoms with E-state index in [2.05, 4.69) is 35.8 Å². The van der Waals surface area contributed by atoms with E-state index in [1.54, 1.807) is 6.33 Å². The number of aryl methyl sites for hydroxylation is 1. The van der Waals surface area contributed by atoms with E-state index >= 15 is 0 Å². The molecule has 2 rings (SSSR count). The minimum Gasteiger partial charge on any atom is -0.374 e. The van der Waals surface area contributed by atoms with Crippen molar-refractivity contribution < 1.29 is 4.74 Å². The Labute approximate surface area is 121 Å². The summed E-state index contributed by atoms with van der Waals surface area (Å²) in [6, 6.07) is 0.508. The first-order chi connectivity index (χ1) is 9.61. The Balaban J connectivity index is 1.93. The lowest BCUT2D eigenvalue weighted by Gasteiger charge is -2.37. The molecule has 0 radical (unpaired) electrons. The molecule has 0 aromatic carbocycles. The van der Waals surface area contributed by atoms with E-state index in [1.165, 1.54) is 0 Å². The average Bonchev–Trinajstić information content (AvgIpc) is 2.86. The van der Waals surface area contributed by atoms with Gasteiger partial charge in [0.15, 0.2) is 0 Å². The zero-order valence-corrected chi connectivity index (χ0v) is 12.8. The summed E-state index contributed by atoms with van der Waals surface area (Å²) in [5.41, 5.74) is 6.33. The minimum absolute atomic E-state index is 0.0312. The summed E-state index contributed by atoms with van der Waals surface area (Å²) in [6.45, 7) is 10.1. The SMILES string of the molecule is CCCn1ncnc1CC(N)C1CN(C(C)C)CCO1.